The van der Waals surface area contributed by atoms with Crippen LogP contribution in [0, 0.1) is 6.92 Å². The van der Waals surface area contributed by atoms with E-state index in [0.717, 1.165) is 16.9 Å². The van der Waals surface area contributed by atoms with E-state index in [-0.39, 0.29) is 0 Å². The topological polar surface area (TPSA) is 58.2 Å². The molecule has 0 aliphatic carbocycles. The molecule has 0 spiro atoms. The molecule has 0 unspecified atom stereocenters. The Balaban J connectivity index is 2.89. The molecule has 0 saturated carbocycles. The van der Waals surface area contributed by atoms with Crippen LogP contribution >= 0.6 is 11.8 Å². The Morgan fingerprint density at radius 3 is 2.60 bits per heavy atom. The fourth-order valence-corrected chi connectivity index (χ4v) is 3.48. The molecule has 6 heteroatoms. The summed E-state index contributed by atoms with van der Waals surface area (Å²) >= 11 is 1.62. The van der Waals surface area contributed by atoms with E-state index in [1.165, 1.54) is 0 Å². The third-order valence-electron chi connectivity index (χ3n) is 2.85. The van der Waals surface area contributed by atoms with E-state index in [9.17, 15) is 8.42 Å². The van der Waals surface area contributed by atoms with Gasteiger partial charge in [0.25, 0.3) is 0 Å². The molecule has 0 aliphatic rings. The highest BCUT2D eigenvalue weighted by Crippen LogP contribution is 2.17. The minimum Gasteiger partial charge on any atom is -0.310 e. The van der Waals surface area contributed by atoms with Gasteiger partial charge in [0, 0.05) is 24.9 Å². The second-order valence-electron chi connectivity index (χ2n) is 5.03. The SMILES string of the molecule is CSCCNS(=O)(=O)c1cc(CNC(C)C)ccc1C. The molecule has 2 N–H and O–H groups in total. The number of thioether (sulfide) groups is 1. The Bertz CT molecular complexity index is 528. The van der Waals surface area contributed by atoms with Gasteiger partial charge in [-0.3, -0.25) is 0 Å². The predicted molar refractivity (Wildman–Crippen MR) is 86.7 cm³/mol. The maximum absolute atomic E-state index is 12.3. The Morgan fingerprint density at radius 1 is 1.30 bits per heavy atom. The van der Waals surface area contributed by atoms with Crippen LogP contribution in [0.2, 0.25) is 0 Å². The van der Waals surface area contributed by atoms with Gasteiger partial charge in [-0.05, 0) is 30.4 Å². The van der Waals surface area contributed by atoms with Gasteiger partial charge < -0.3 is 5.32 Å². The molecule has 1 aromatic rings. The van der Waals surface area contributed by atoms with Gasteiger partial charge in [-0.2, -0.15) is 11.8 Å². The summed E-state index contributed by atoms with van der Waals surface area (Å²) < 4.78 is 27.2. The number of nitrogens with one attached hydrogen (secondary N) is 2. The lowest BCUT2D eigenvalue weighted by Gasteiger charge is -2.12. The number of hydrogen-bond donors (Lipinski definition) is 2. The summed E-state index contributed by atoms with van der Waals surface area (Å²) in [5.41, 5.74) is 1.75. The zero-order valence-corrected chi connectivity index (χ0v) is 14.2. The van der Waals surface area contributed by atoms with E-state index in [0.29, 0.717) is 24.0 Å². The van der Waals surface area contributed by atoms with Crippen LogP contribution in [0.4, 0.5) is 0 Å². The molecule has 0 amide bonds. The number of hydrogen-bond acceptors (Lipinski definition) is 4. The van der Waals surface area contributed by atoms with Crippen molar-refractivity contribution >= 4 is 21.8 Å². The summed E-state index contributed by atoms with van der Waals surface area (Å²) in [6.07, 6.45) is 1.96. The van der Waals surface area contributed by atoms with Gasteiger partial charge in [0.15, 0.2) is 0 Å². The molecule has 0 heterocycles. The van der Waals surface area contributed by atoms with Crippen molar-refractivity contribution in [3.8, 4) is 0 Å². The highest BCUT2D eigenvalue weighted by molar-refractivity contribution is 7.98. The van der Waals surface area contributed by atoms with Gasteiger partial charge in [0.1, 0.15) is 0 Å². The molecule has 0 aromatic heterocycles. The van der Waals surface area contributed by atoms with Crippen LogP contribution in [-0.4, -0.2) is 33.0 Å². The Kier molecular flexibility index (Phi) is 7.02. The quantitative estimate of drug-likeness (QED) is 0.722. The van der Waals surface area contributed by atoms with Crippen molar-refractivity contribution in [2.45, 2.75) is 38.3 Å². The van der Waals surface area contributed by atoms with Crippen LogP contribution in [0.1, 0.15) is 25.0 Å². The first-order valence-electron chi connectivity index (χ1n) is 6.68. The molecule has 0 atom stereocenters. The van der Waals surface area contributed by atoms with Crippen molar-refractivity contribution in [1.29, 1.82) is 0 Å². The van der Waals surface area contributed by atoms with E-state index in [2.05, 4.69) is 23.9 Å². The first-order valence-corrected chi connectivity index (χ1v) is 9.56. The molecule has 4 nitrogen and oxygen atoms in total. The lowest BCUT2D eigenvalue weighted by molar-refractivity contribution is 0.580. The third kappa shape index (κ3) is 5.44. The fourth-order valence-electron chi connectivity index (χ4n) is 1.72. The number of benzene rings is 1. The molecule has 20 heavy (non-hydrogen) atoms. The molecule has 0 saturated heterocycles. The lowest BCUT2D eigenvalue weighted by atomic mass is 10.1. The van der Waals surface area contributed by atoms with Crippen molar-refractivity contribution in [1.82, 2.24) is 10.0 Å². The predicted octanol–water partition coefficient (Wildman–Crippen LogP) is 2.13. The average Bonchev–Trinajstić information content (AvgIpc) is 2.37. The van der Waals surface area contributed by atoms with Crippen LogP contribution in [0.25, 0.3) is 0 Å². The smallest absolute Gasteiger partial charge is 0.240 e. The second kappa shape index (κ2) is 8.02. The normalized spacial score (nSPS) is 12.1. The van der Waals surface area contributed by atoms with Gasteiger partial charge in [-0.25, -0.2) is 13.1 Å². The van der Waals surface area contributed by atoms with Gasteiger partial charge in [-0.15, -0.1) is 0 Å². The molecule has 1 rings (SSSR count). The molecule has 1 aromatic carbocycles. The van der Waals surface area contributed by atoms with Crippen molar-refractivity contribution < 1.29 is 8.42 Å². The van der Waals surface area contributed by atoms with Crippen LogP contribution in [0.15, 0.2) is 23.1 Å². The summed E-state index contributed by atoms with van der Waals surface area (Å²) in [7, 11) is -3.42. The number of sulfonamides is 1. The second-order valence-corrected chi connectivity index (χ2v) is 7.75. The van der Waals surface area contributed by atoms with E-state index in [1.807, 2.05) is 25.3 Å². The number of aryl methyl sites for hydroxylation is 1. The minimum atomic E-state index is -3.42. The van der Waals surface area contributed by atoms with E-state index in [4.69, 9.17) is 0 Å². The first kappa shape index (κ1) is 17.5. The van der Waals surface area contributed by atoms with Crippen molar-refractivity contribution in [3.05, 3.63) is 29.3 Å². The van der Waals surface area contributed by atoms with Gasteiger partial charge in [0.05, 0.1) is 4.90 Å². The van der Waals surface area contributed by atoms with Crippen LogP contribution in [0.3, 0.4) is 0 Å². The van der Waals surface area contributed by atoms with E-state index >= 15 is 0 Å². The van der Waals surface area contributed by atoms with Crippen LogP contribution in [-0.2, 0) is 16.6 Å². The molecule has 0 aliphatic heterocycles. The summed E-state index contributed by atoms with van der Waals surface area (Å²) in [5.74, 6) is 0.771. The van der Waals surface area contributed by atoms with Crippen molar-refractivity contribution in [3.63, 3.8) is 0 Å². The molecular formula is C14H24N2O2S2. The lowest BCUT2D eigenvalue weighted by Crippen LogP contribution is -2.27. The first-order chi connectivity index (χ1) is 9.36. The number of rotatable bonds is 8. The summed E-state index contributed by atoms with van der Waals surface area (Å²) in [6, 6.07) is 5.95. The monoisotopic (exact) mass is 316 g/mol. The van der Waals surface area contributed by atoms with Gasteiger partial charge >= 0.3 is 0 Å². The van der Waals surface area contributed by atoms with E-state index in [1.54, 1.807) is 17.8 Å². The average molecular weight is 316 g/mol. The van der Waals surface area contributed by atoms with E-state index < -0.39 is 10.0 Å². The molecule has 114 valence electrons. The highest BCUT2D eigenvalue weighted by atomic mass is 32.2. The zero-order chi connectivity index (χ0) is 15.2. The van der Waals surface area contributed by atoms with Crippen molar-refractivity contribution in [2.75, 3.05) is 18.6 Å². The maximum Gasteiger partial charge on any atom is 0.240 e. The minimum absolute atomic E-state index is 0.371. The summed E-state index contributed by atoms with van der Waals surface area (Å²) in [5, 5.41) is 3.29. The maximum atomic E-state index is 12.3. The molecule has 0 bridgehead atoms. The molecular weight excluding hydrogens is 292 g/mol. The van der Waals surface area contributed by atoms with Crippen LogP contribution < -0.4 is 10.0 Å². The van der Waals surface area contributed by atoms with Crippen LogP contribution in [0.5, 0.6) is 0 Å². The zero-order valence-electron chi connectivity index (χ0n) is 12.6. The largest absolute Gasteiger partial charge is 0.310 e. The Labute approximate surface area is 126 Å². The fraction of sp³-hybridized carbons (Fsp3) is 0.571. The molecule has 0 fully saturated rings. The molecule has 0 radical (unpaired) electrons. The van der Waals surface area contributed by atoms with Gasteiger partial charge in [-0.1, -0.05) is 26.0 Å². The summed E-state index contributed by atoms with van der Waals surface area (Å²) in [6.45, 7) is 7.08. The van der Waals surface area contributed by atoms with Crippen molar-refractivity contribution in [2.24, 2.45) is 0 Å². The third-order valence-corrected chi connectivity index (χ3v) is 5.07. The van der Waals surface area contributed by atoms with Gasteiger partial charge in [0.2, 0.25) is 10.0 Å². The Hall–Kier alpha value is -0.560. The standard InChI is InChI=1S/C14H24N2O2S2/c1-11(2)15-10-13-6-5-12(3)14(9-13)20(17,18)16-7-8-19-4/h5-6,9,11,15-16H,7-8,10H2,1-4H3. The highest BCUT2D eigenvalue weighted by Gasteiger charge is 2.16. The summed E-state index contributed by atoms with van der Waals surface area (Å²) in [4.78, 5) is 0.377. The Morgan fingerprint density at radius 2 is 2.00 bits per heavy atom.